The molecule has 0 unspecified atom stereocenters. The van der Waals surface area contributed by atoms with Crippen LogP contribution in [0, 0.1) is 0 Å². The van der Waals surface area contributed by atoms with Crippen LogP contribution in [-0.2, 0) is 19.7 Å². The van der Waals surface area contributed by atoms with Crippen LogP contribution in [0.1, 0.15) is 17.0 Å². The summed E-state index contributed by atoms with van der Waals surface area (Å²) in [4.78, 5) is 7.92. The maximum absolute atomic E-state index is 5.99. The lowest BCUT2D eigenvalue weighted by Gasteiger charge is -2.13. The van der Waals surface area contributed by atoms with Crippen LogP contribution in [0.4, 0.5) is 0 Å². The van der Waals surface area contributed by atoms with Crippen molar-refractivity contribution in [3.05, 3.63) is 92.6 Å². The van der Waals surface area contributed by atoms with Gasteiger partial charge in [-0.05, 0) is 67.3 Å². The molecule has 0 amide bonds. The van der Waals surface area contributed by atoms with Crippen LogP contribution in [0.2, 0.25) is 0 Å². The van der Waals surface area contributed by atoms with Crippen molar-refractivity contribution in [2.75, 3.05) is 0 Å². The summed E-state index contributed by atoms with van der Waals surface area (Å²) in [6, 6.07) is 22.3. The number of ether oxygens (including phenoxy) is 1. The SMILES string of the molecule is Brc1cc(CNCc2nc3ccccc3[nH]2)cc(Br)c1OCc1ccccc1. The Bertz CT molecular complexity index is 1020. The molecule has 142 valence electrons. The number of halogens is 2. The minimum absolute atomic E-state index is 0.529. The van der Waals surface area contributed by atoms with Gasteiger partial charge >= 0.3 is 0 Å². The number of hydrogen-bond donors (Lipinski definition) is 2. The summed E-state index contributed by atoms with van der Waals surface area (Å²) in [5, 5.41) is 3.43. The second-order valence-corrected chi connectivity index (χ2v) is 8.18. The summed E-state index contributed by atoms with van der Waals surface area (Å²) in [6.45, 7) is 1.94. The second kappa shape index (κ2) is 8.90. The molecule has 2 N–H and O–H groups in total. The first-order valence-corrected chi connectivity index (χ1v) is 10.6. The summed E-state index contributed by atoms with van der Waals surface area (Å²) in [7, 11) is 0. The molecule has 0 aliphatic heterocycles. The third-order valence-corrected chi connectivity index (χ3v) is 5.52. The van der Waals surface area contributed by atoms with Gasteiger partial charge in [0.2, 0.25) is 0 Å². The predicted molar refractivity (Wildman–Crippen MR) is 119 cm³/mol. The Kier molecular flexibility index (Phi) is 6.10. The Morgan fingerprint density at radius 2 is 1.57 bits per heavy atom. The summed E-state index contributed by atoms with van der Waals surface area (Å²) in [5.74, 6) is 1.74. The van der Waals surface area contributed by atoms with Gasteiger partial charge in [-0.3, -0.25) is 0 Å². The quantitative estimate of drug-likeness (QED) is 0.329. The maximum Gasteiger partial charge on any atom is 0.148 e. The van der Waals surface area contributed by atoms with Crippen molar-refractivity contribution in [1.82, 2.24) is 15.3 Å². The fourth-order valence-corrected chi connectivity index (χ4v) is 4.51. The summed E-state index contributed by atoms with van der Waals surface area (Å²) < 4.78 is 7.84. The van der Waals surface area contributed by atoms with Gasteiger partial charge in [0.05, 0.1) is 26.5 Å². The van der Waals surface area contributed by atoms with Crippen LogP contribution in [0.3, 0.4) is 0 Å². The van der Waals surface area contributed by atoms with Crippen LogP contribution in [0.25, 0.3) is 11.0 Å². The van der Waals surface area contributed by atoms with Gasteiger partial charge < -0.3 is 15.0 Å². The highest BCUT2D eigenvalue weighted by atomic mass is 79.9. The number of nitrogens with one attached hydrogen (secondary N) is 2. The Balaban J connectivity index is 1.37. The minimum Gasteiger partial charge on any atom is -0.487 e. The average molecular weight is 501 g/mol. The molecule has 3 aromatic carbocycles. The number of nitrogens with zero attached hydrogens (tertiary/aromatic N) is 1. The molecule has 0 saturated carbocycles. The van der Waals surface area contributed by atoms with Gasteiger partial charge in [-0.1, -0.05) is 42.5 Å². The van der Waals surface area contributed by atoms with E-state index in [4.69, 9.17) is 4.74 Å². The molecule has 0 aliphatic rings. The maximum atomic E-state index is 5.99. The number of fused-ring (bicyclic) bond motifs is 1. The molecule has 0 radical (unpaired) electrons. The molecule has 4 aromatic rings. The third-order valence-electron chi connectivity index (χ3n) is 4.34. The molecule has 0 bridgehead atoms. The smallest absolute Gasteiger partial charge is 0.148 e. The van der Waals surface area contributed by atoms with Crippen LogP contribution >= 0.6 is 31.9 Å². The Morgan fingerprint density at radius 1 is 0.857 bits per heavy atom. The number of H-pyrrole nitrogens is 1. The van der Waals surface area contributed by atoms with Gasteiger partial charge in [-0.25, -0.2) is 4.98 Å². The first kappa shape index (κ1) is 19.2. The van der Waals surface area contributed by atoms with E-state index in [1.165, 1.54) is 0 Å². The van der Waals surface area contributed by atoms with E-state index in [1.54, 1.807) is 0 Å². The summed E-state index contributed by atoms with van der Waals surface area (Å²) in [5.41, 5.74) is 4.34. The number of benzene rings is 3. The Morgan fingerprint density at radius 3 is 2.32 bits per heavy atom. The largest absolute Gasteiger partial charge is 0.487 e. The highest BCUT2D eigenvalue weighted by molar-refractivity contribution is 9.11. The molecule has 1 aromatic heterocycles. The van der Waals surface area contributed by atoms with E-state index >= 15 is 0 Å². The lowest BCUT2D eigenvalue weighted by atomic mass is 10.2. The molecule has 6 heteroatoms. The van der Waals surface area contributed by atoms with Crippen LogP contribution in [-0.4, -0.2) is 9.97 Å². The molecule has 28 heavy (non-hydrogen) atoms. The van der Waals surface area contributed by atoms with E-state index in [1.807, 2.05) is 42.5 Å². The first-order chi connectivity index (χ1) is 13.7. The molecular formula is C22H19Br2N3O. The lowest BCUT2D eigenvalue weighted by molar-refractivity contribution is 0.302. The molecule has 0 fully saturated rings. The molecule has 4 nitrogen and oxygen atoms in total. The van der Waals surface area contributed by atoms with Crippen molar-refractivity contribution >= 4 is 42.9 Å². The van der Waals surface area contributed by atoms with E-state index < -0.39 is 0 Å². The molecular weight excluding hydrogens is 482 g/mol. The molecule has 1 heterocycles. The number of hydrogen-bond acceptors (Lipinski definition) is 3. The Hall–Kier alpha value is -2.15. The molecule has 0 atom stereocenters. The zero-order valence-electron chi connectivity index (χ0n) is 15.1. The fraction of sp³-hybridized carbons (Fsp3) is 0.136. The van der Waals surface area contributed by atoms with Crippen molar-refractivity contribution in [2.24, 2.45) is 0 Å². The molecule has 4 rings (SSSR count). The van der Waals surface area contributed by atoms with E-state index in [0.29, 0.717) is 13.2 Å². The van der Waals surface area contributed by atoms with E-state index in [0.717, 1.165) is 49.2 Å². The number of aromatic nitrogens is 2. The topological polar surface area (TPSA) is 49.9 Å². The van der Waals surface area contributed by atoms with Crippen molar-refractivity contribution in [2.45, 2.75) is 19.7 Å². The summed E-state index contributed by atoms with van der Waals surface area (Å²) >= 11 is 7.26. The summed E-state index contributed by atoms with van der Waals surface area (Å²) in [6.07, 6.45) is 0. The molecule has 0 saturated heterocycles. The van der Waals surface area contributed by atoms with Crippen LogP contribution in [0.15, 0.2) is 75.7 Å². The second-order valence-electron chi connectivity index (χ2n) is 6.47. The van der Waals surface area contributed by atoms with Crippen molar-refractivity contribution in [3.8, 4) is 5.75 Å². The fourth-order valence-electron chi connectivity index (χ4n) is 3.00. The minimum atomic E-state index is 0.529. The first-order valence-electron chi connectivity index (χ1n) is 8.98. The predicted octanol–water partition coefficient (Wildman–Crippen LogP) is 5.96. The third kappa shape index (κ3) is 4.63. The van der Waals surface area contributed by atoms with Gasteiger partial charge in [-0.2, -0.15) is 0 Å². The Labute approximate surface area is 180 Å². The highest BCUT2D eigenvalue weighted by Gasteiger charge is 2.10. The zero-order chi connectivity index (χ0) is 19.3. The van der Waals surface area contributed by atoms with Crippen molar-refractivity contribution in [3.63, 3.8) is 0 Å². The monoisotopic (exact) mass is 499 g/mol. The van der Waals surface area contributed by atoms with E-state index in [-0.39, 0.29) is 0 Å². The van der Waals surface area contributed by atoms with Crippen molar-refractivity contribution < 1.29 is 4.74 Å². The van der Waals surface area contributed by atoms with Gasteiger partial charge in [-0.15, -0.1) is 0 Å². The number of rotatable bonds is 7. The average Bonchev–Trinajstić information content (AvgIpc) is 3.11. The normalized spacial score (nSPS) is 11.1. The number of para-hydroxylation sites is 2. The van der Waals surface area contributed by atoms with Gasteiger partial charge in [0.15, 0.2) is 0 Å². The molecule has 0 spiro atoms. The van der Waals surface area contributed by atoms with Gasteiger partial charge in [0.25, 0.3) is 0 Å². The standard InChI is InChI=1S/C22H19Br2N3O/c23-17-10-16(11-18(24)22(17)28-14-15-6-2-1-3-7-15)12-25-13-21-26-19-8-4-5-9-20(19)27-21/h1-11,25H,12-14H2,(H,26,27). The van der Waals surface area contributed by atoms with Crippen LogP contribution in [0.5, 0.6) is 5.75 Å². The van der Waals surface area contributed by atoms with E-state index in [2.05, 4.69) is 71.4 Å². The van der Waals surface area contributed by atoms with Gasteiger partial charge in [0.1, 0.15) is 18.2 Å². The lowest BCUT2D eigenvalue weighted by Crippen LogP contribution is -2.13. The van der Waals surface area contributed by atoms with Crippen molar-refractivity contribution in [1.29, 1.82) is 0 Å². The number of imidazole rings is 1. The molecule has 0 aliphatic carbocycles. The van der Waals surface area contributed by atoms with E-state index in [9.17, 15) is 0 Å². The number of aromatic amines is 1. The zero-order valence-corrected chi connectivity index (χ0v) is 18.3. The van der Waals surface area contributed by atoms with Crippen LogP contribution < -0.4 is 10.1 Å². The highest BCUT2D eigenvalue weighted by Crippen LogP contribution is 2.35. The van der Waals surface area contributed by atoms with Gasteiger partial charge in [0, 0.05) is 6.54 Å².